The van der Waals surface area contributed by atoms with Gasteiger partial charge in [-0.05, 0) is 44.5 Å². The van der Waals surface area contributed by atoms with Gasteiger partial charge in [-0.25, -0.2) is 0 Å². The fraction of sp³-hybridized carbons (Fsp3) is 0.273. The van der Waals surface area contributed by atoms with Crippen molar-refractivity contribution in [2.75, 3.05) is 5.32 Å². The zero-order valence-corrected chi connectivity index (χ0v) is 19.5. The van der Waals surface area contributed by atoms with Crippen LogP contribution in [0.2, 0.25) is 10.0 Å². The second-order valence-electron chi connectivity index (χ2n) is 7.54. The molecule has 0 spiro atoms. The average Bonchev–Trinajstić information content (AvgIpc) is 2.97. The van der Waals surface area contributed by atoms with Crippen molar-refractivity contribution in [2.24, 2.45) is 5.92 Å². The van der Waals surface area contributed by atoms with Crippen LogP contribution in [0.4, 0.5) is 11.4 Å². The molecule has 3 aromatic rings. The summed E-state index contributed by atoms with van der Waals surface area (Å²) in [4.78, 5) is 23.6. The first-order valence-corrected chi connectivity index (χ1v) is 10.5. The van der Waals surface area contributed by atoms with Crippen molar-refractivity contribution in [1.82, 2.24) is 9.78 Å². The van der Waals surface area contributed by atoms with Crippen LogP contribution in [0, 0.1) is 36.8 Å². The van der Waals surface area contributed by atoms with E-state index in [4.69, 9.17) is 27.9 Å². The average molecular weight is 477 g/mol. The Bertz CT molecular complexity index is 1190. The van der Waals surface area contributed by atoms with Gasteiger partial charge in [0, 0.05) is 17.2 Å². The summed E-state index contributed by atoms with van der Waals surface area (Å²) in [5, 5.41) is 19.6. The van der Waals surface area contributed by atoms with Crippen LogP contribution in [0.25, 0.3) is 0 Å². The third-order valence-corrected chi connectivity index (χ3v) is 5.89. The lowest BCUT2D eigenvalue weighted by Crippen LogP contribution is -2.25. The summed E-state index contributed by atoms with van der Waals surface area (Å²) in [6, 6.07) is 9.17. The van der Waals surface area contributed by atoms with Gasteiger partial charge in [-0.1, -0.05) is 30.1 Å². The van der Waals surface area contributed by atoms with E-state index in [9.17, 15) is 14.9 Å². The summed E-state index contributed by atoms with van der Waals surface area (Å²) in [6.45, 7) is 7.50. The number of hydrogen-bond donors (Lipinski definition) is 1. The van der Waals surface area contributed by atoms with Gasteiger partial charge in [0.15, 0.2) is 0 Å². The van der Waals surface area contributed by atoms with Crippen molar-refractivity contribution in [3.05, 3.63) is 73.5 Å². The van der Waals surface area contributed by atoms with Crippen molar-refractivity contribution in [3.8, 4) is 11.5 Å². The van der Waals surface area contributed by atoms with Gasteiger partial charge in [0.2, 0.25) is 5.91 Å². The van der Waals surface area contributed by atoms with Crippen LogP contribution in [-0.4, -0.2) is 20.6 Å². The number of rotatable bonds is 7. The molecular weight excluding hydrogens is 455 g/mol. The molecule has 0 aliphatic carbocycles. The van der Waals surface area contributed by atoms with Gasteiger partial charge >= 0.3 is 0 Å². The SMILES string of the molecule is Cc1cc(Oc2cc(NC(=O)C(C)Cn3nc(C)c(Cl)c3C)cc([N+](=O)[O-])c2)ccc1Cl. The molecule has 0 aliphatic heterocycles. The Kier molecular flexibility index (Phi) is 7.06. The predicted molar refractivity (Wildman–Crippen MR) is 124 cm³/mol. The first kappa shape index (κ1) is 23.6. The van der Waals surface area contributed by atoms with Crippen molar-refractivity contribution >= 4 is 40.5 Å². The molecule has 0 radical (unpaired) electrons. The van der Waals surface area contributed by atoms with E-state index < -0.39 is 10.8 Å². The van der Waals surface area contributed by atoms with Gasteiger partial charge in [0.25, 0.3) is 5.69 Å². The number of nitrogens with zero attached hydrogens (tertiary/aromatic N) is 3. The first-order chi connectivity index (χ1) is 15.0. The number of amides is 1. The van der Waals surface area contributed by atoms with Crippen LogP contribution in [0.3, 0.4) is 0 Å². The molecule has 0 aliphatic rings. The molecule has 3 rings (SSSR count). The number of carbonyl (C=O) groups excluding carboxylic acids is 1. The van der Waals surface area contributed by atoms with Crippen LogP contribution in [0.5, 0.6) is 11.5 Å². The molecule has 0 fully saturated rings. The van der Waals surface area contributed by atoms with E-state index in [2.05, 4.69) is 10.4 Å². The van der Waals surface area contributed by atoms with Crippen LogP contribution < -0.4 is 10.1 Å². The van der Waals surface area contributed by atoms with E-state index in [0.717, 1.165) is 11.3 Å². The summed E-state index contributed by atoms with van der Waals surface area (Å²) in [6.07, 6.45) is 0. The summed E-state index contributed by atoms with van der Waals surface area (Å²) < 4.78 is 7.45. The molecule has 0 bridgehead atoms. The molecule has 1 amide bonds. The fourth-order valence-electron chi connectivity index (χ4n) is 3.10. The molecular formula is C22H22Cl2N4O4. The van der Waals surface area contributed by atoms with Crippen LogP contribution in [0.1, 0.15) is 23.9 Å². The van der Waals surface area contributed by atoms with E-state index in [1.165, 1.54) is 18.2 Å². The van der Waals surface area contributed by atoms with Crippen molar-refractivity contribution < 1.29 is 14.5 Å². The Morgan fingerprint density at radius 1 is 1.19 bits per heavy atom. The highest BCUT2D eigenvalue weighted by Crippen LogP contribution is 2.31. The Hall–Kier alpha value is -3.10. The zero-order chi connectivity index (χ0) is 23.6. The van der Waals surface area contributed by atoms with E-state index in [1.807, 2.05) is 13.8 Å². The third kappa shape index (κ3) is 5.38. The molecule has 0 saturated heterocycles. The molecule has 1 unspecified atom stereocenters. The largest absolute Gasteiger partial charge is 0.457 e. The Morgan fingerprint density at radius 2 is 1.91 bits per heavy atom. The minimum absolute atomic E-state index is 0.207. The number of nitro benzene ring substituents is 1. The highest BCUT2D eigenvalue weighted by Gasteiger charge is 2.19. The number of non-ortho nitro benzene ring substituents is 1. The highest BCUT2D eigenvalue weighted by atomic mass is 35.5. The smallest absolute Gasteiger partial charge is 0.275 e. The van der Waals surface area contributed by atoms with Crippen molar-refractivity contribution in [3.63, 3.8) is 0 Å². The predicted octanol–water partition coefficient (Wildman–Crippen LogP) is 6.09. The molecule has 1 atom stereocenters. The standard InChI is InChI=1S/C22H22Cl2N4O4/c1-12-7-18(5-6-20(12)23)32-19-9-16(8-17(10-19)28(30)31)25-22(29)13(2)11-27-15(4)21(24)14(3)26-27/h5-10,13H,11H2,1-4H3,(H,25,29). The van der Waals surface area contributed by atoms with Gasteiger partial charge in [0.1, 0.15) is 11.5 Å². The maximum Gasteiger partial charge on any atom is 0.275 e. The van der Waals surface area contributed by atoms with Crippen LogP contribution in [-0.2, 0) is 11.3 Å². The first-order valence-electron chi connectivity index (χ1n) is 9.79. The van der Waals surface area contributed by atoms with Crippen LogP contribution >= 0.6 is 23.2 Å². The number of nitro groups is 1. The number of carbonyl (C=O) groups is 1. The summed E-state index contributed by atoms with van der Waals surface area (Å²) in [5.74, 6) is -0.0947. The lowest BCUT2D eigenvalue weighted by Gasteiger charge is -2.14. The maximum atomic E-state index is 12.7. The van der Waals surface area contributed by atoms with E-state index in [-0.39, 0.29) is 23.0 Å². The Morgan fingerprint density at radius 3 is 2.50 bits per heavy atom. The Labute approximate surface area is 195 Å². The number of halogens is 2. The van der Waals surface area contributed by atoms with Gasteiger partial charge in [-0.2, -0.15) is 5.10 Å². The topological polar surface area (TPSA) is 99.3 Å². The number of benzene rings is 2. The quantitative estimate of drug-likeness (QED) is 0.328. The molecule has 168 valence electrons. The number of nitrogens with one attached hydrogen (secondary N) is 1. The van der Waals surface area contributed by atoms with Crippen molar-refractivity contribution in [2.45, 2.75) is 34.2 Å². The minimum Gasteiger partial charge on any atom is -0.457 e. The summed E-state index contributed by atoms with van der Waals surface area (Å²) in [7, 11) is 0. The highest BCUT2D eigenvalue weighted by molar-refractivity contribution is 6.32. The second kappa shape index (κ2) is 9.58. The monoisotopic (exact) mass is 476 g/mol. The van der Waals surface area contributed by atoms with Gasteiger partial charge in [-0.15, -0.1) is 0 Å². The molecule has 2 aromatic carbocycles. The van der Waals surface area contributed by atoms with Crippen LogP contribution in [0.15, 0.2) is 36.4 Å². The number of aryl methyl sites for hydroxylation is 2. The number of aromatic nitrogens is 2. The van der Waals surface area contributed by atoms with E-state index in [0.29, 0.717) is 28.0 Å². The molecule has 32 heavy (non-hydrogen) atoms. The normalized spacial score (nSPS) is 11.8. The fourth-order valence-corrected chi connectivity index (χ4v) is 3.35. The second-order valence-corrected chi connectivity index (χ2v) is 8.33. The molecule has 0 saturated carbocycles. The van der Waals surface area contributed by atoms with Gasteiger partial charge < -0.3 is 10.1 Å². The molecule has 1 N–H and O–H groups in total. The number of ether oxygens (including phenoxy) is 1. The molecule has 1 heterocycles. The lowest BCUT2D eigenvalue weighted by molar-refractivity contribution is -0.384. The summed E-state index contributed by atoms with van der Waals surface area (Å²) >= 11 is 12.2. The van der Waals surface area contributed by atoms with E-state index >= 15 is 0 Å². The molecule has 1 aromatic heterocycles. The Balaban J connectivity index is 1.79. The van der Waals surface area contributed by atoms with Crippen molar-refractivity contribution in [1.29, 1.82) is 0 Å². The number of anilines is 1. The zero-order valence-electron chi connectivity index (χ0n) is 18.0. The maximum absolute atomic E-state index is 12.7. The third-order valence-electron chi connectivity index (χ3n) is 4.92. The van der Waals surface area contributed by atoms with Gasteiger partial charge in [0.05, 0.1) is 45.6 Å². The molecule has 8 nitrogen and oxygen atoms in total. The van der Waals surface area contributed by atoms with E-state index in [1.54, 1.807) is 36.7 Å². The van der Waals surface area contributed by atoms with Gasteiger partial charge in [-0.3, -0.25) is 19.6 Å². The lowest BCUT2D eigenvalue weighted by atomic mass is 10.1. The number of hydrogen-bond acceptors (Lipinski definition) is 5. The molecule has 10 heteroatoms. The summed E-state index contributed by atoms with van der Waals surface area (Å²) in [5.41, 5.74) is 2.31. The minimum atomic E-state index is -0.545.